The number of Topliss-reactive ketones (excluding diaryl/α,β-unsaturated/α-hetero) is 1. The first-order valence-corrected chi connectivity index (χ1v) is 6.54. The summed E-state index contributed by atoms with van der Waals surface area (Å²) in [6.45, 7) is 1.75. The molecule has 3 nitrogen and oxygen atoms in total. The average Bonchev–Trinajstić information content (AvgIpc) is 2.80. The van der Waals surface area contributed by atoms with Gasteiger partial charge in [-0.25, -0.2) is 9.37 Å². The van der Waals surface area contributed by atoms with Crippen LogP contribution in [-0.4, -0.2) is 10.8 Å². The third-order valence-electron chi connectivity index (χ3n) is 2.54. The molecule has 0 aliphatic rings. The van der Waals surface area contributed by atoms with Crippen LogP contribution in [0.25, 0.3) is 0 Å². The molecule has 1 aromatic carbocycles. The molecule has 19 heavy (non-hydrogen) atoms. The third kappa shape index (κ3) is 2.65. The number of hydrogen-bond acceptors (Lipinski definition) is 4. The lowest BCUT2D eigenvalue weighted by Crippen LogP contribution is -2.12. The van der Waals surface area contributed by atoms with Gasteiger partial charge in [0.15, 0.2) is 5.78 Å². The Hall–Kier alpha value is -1.77. The van der Waals surface area contributed by atoms with Crippen LogP contribution >= 0.6 is 22.9 Å². The standard InChI is InChI=1S/C13H8ClFN2OS/c1-7-17-6-11(19-7)13(18)8(5-16)12-9(14)3-2-4-10(12)15/h2-4,6,8H,1H3. The van der Waals surface area contributed by atoms with E-state index in [4.69, 9.17) is 16.9 Å². The van der Waals surface area contributed by atoms with Crippen molar-refractivity contribution in [2.75, 3.05) is 0 Å². The number of thiazole rings is 1. The van der Waals surface area contributed by atoms with Gasteiger partial charge in [-0.05, 0) is 19.1 Å². The predicted molar refractivity (Wildman–Crippen MR) is 70.9 cm³/mol. The van der Waals surface area contributed by atoms with E-state index in [-0.39, 0.29) is 10.6 Å². The SMILES string of the molecule is Cc1ncc(C(=O)C(C#N)c2c(F)cccc2Cl)s1. The number of nitrogens with zero attached hydrogens (tertiary/aromatic N) is 2. The number of aromatic nitrogens is 1. The molecule has 1 unspecified atom stereocenters. The highest BCUT2D eigenvalue weighted by atomic mass is 35.5. The Kier molecular flexibility index (Phi) is 3.93. The second-order valence-corrected chi connectivity index (χ2v) is 5.45. The summed E-state index contributed by atoms with van der Waals surface area (Å²) < 4.78 is 13.8. The van der Waals surface area contributed by atoms with E-state index in [0.29, 0.717) is 9.88 Å². The van der Waals surface area contributed by atoms with E-state index in [1.807, 2.05) is 6.07 Å². The van der Waals surface area contributed by atoms with Crippen LogP contribution in [0.1, 0.15) is 26.2 Å². The van der Waals surface area contributed by atoms with Crippen molar-refractivity contribution in [3.05, 3.63) is 50.7 Å². The van der Waals surface area contributed by atoms with Crippen LogP contribution in [0.2, 0.25) is 5.02 Å². The van der Waals surface area contributed by atoms with Gasteiger partial charge in [-0.1, -0.05) is 17.7 Å². The van der Waals surface area contributed by atoms with E-state index in [1.54, 1.807) is 6.92 Å². The van der Waals surface area contributed by atoms with Crippen LogP contribution in [0.4, 0.5) is 4.39 Å². The summed E-state index contributed by atoms with van der Waals surface area (Å²) in [5, 5.41) is 9.93. The third-order valence-corrected chi connectivity index (χ3v) is 3.80. The van der Waals surface area contributed by atoms with Crippen molar-refractivity contribution < 1.29 is 9.18 Å². The second-order valence-electron chi connectivity index (χ2n) is 3.81. The number of rotatable bonds is 3. The van der Waals surface area contributed by atoms with E-state index < -0.39 is 17.5 Å². The summed E-state index contributed by atoms with van der Waals surface area (Å²) in [5.74, 6) is -2.40. The van der Waals surface area contributed by atoms with Crippen LogP contribution in [0.3, 0.4) is 0 Å². The Morgan fingerprint density at radius 1 is 1.58 bits per heavy atom. The van der Waals surface area contributed by atoms with Gasteiger partial charge >= 0.3 is 0 Å². The molecule has 0 amide bonds. The zero-order chi connectivity index (χ0) is 14.0. The van der Waals surface area contributed by atoms with Gasteiger partial charge in [0.05, 0.1) is 16.0 Å². The summed E-state index contributed by atoms with van der Waals surface area (Å²) in [5.41, 5.74) is -0.0808. The van der Waals surface area contributed by atoms with Crippen molar-refractivity contribution in [2.45, 2.75) is 12.8 Å². The minimum Gasteiger partial charge on any atom is -0.291 e. The fourth-order valence-corrected chi connectivity index (χ4v) is 2.68. The number of benzene rings is 1. The van der Waals surface area contributed by atoms with Gasteiger partial charge in [-0.2, -0.15) is 5.26 Å². The minimum atomic E-state index is -1.26. The molecule has 1 aromatic heterocycles. The Bertz CT molecular complexity index is 657. The Balaban J connectivity index is 2.47. The lowest BCUT2D eigenvalue weighted by molar-refractivity contribution is 0.0981. The topological polar surface area (TPSA) is 53.8 Å². The lowest BCUT2D eigenvalue weighted by Gasteiger charge is -2.10. The molecular formula is C13H8ClFN2OS. The van der Waals surface area contributed by atoms with E-state index in [9.17, 15) is 9.18 Å². The average molecular weight is 295 g/mol. The molecule has 2 rings (SSSR count). The number of carbonyl (C=O) groups excluding carboxylic acids is 1. The fraction of sp³-hybridized carbons (Fsp3) is 0.154. The monoisotopic (exact) mass is 294 g/mol. The molecular weight excluding hydrogens is 287 g/mol. The van der Waals surface area contributed by atoms with Gasteiger partial charge in [-0.15, -0.1) is 11.3 Å². The van der Waals surface area contributed by atoms with Crippen molar-refractivity contribution in [2.24, 2.45) is 0 Å². The van der Waals surface area contributed by atoms with Crippen LogP contribution in [0.15, 0.2) is 24.4 Å². The zero-order valence-corrected chi connectivity index (χ0v) is 11.4. The minimum absolute atomic E-state index is 0.0705. The molecule has 0 saturated heterocycles. The van der Waals surface area contributed by atoms with Crippen LogP contribution in [-0.2, 0) is 0 Å². The molecule has 0 fully saturated rings. The highest BCUT2D eigenvalue weighted by molar-refractivity contribution is 7.13. The number of ketones is 1. The first-order chi connectivity index (χ1) is 9.04. The molecule has 6 heteroatoms. The molecule has 0 aliphatic heterocycles. The summed E-state index contributed by atoms with van der Waals surface area (Å²) in [4.78, 5) is 16.5. The summed E-state index contributed by atoms with van der Waals surface area (Å²) in [6, 6.07) is 5.87. The number of carbonyl (C=O) groups is 1. The van der Waals surface area contributed by atoms with Gasteiger partial charge in [0, 0.05) is 16.8 Å². The number of nitriles is 1. The second kappa shape index (κ2) is 5.47. The van der Waals surface area contributed by atoms with E-state index in [1.165, 1.54) is 35.7 Å². The van der Waals surface area contributed by atoms with Crippen molar-refractivity contribution in [1.82, 2.24) is 4.98 Å². The largest absolute Gasteiger partial charge is 0.291 e. The van der Waals surface area contributed by atoms with Gasteiger partial charge in [0.2, 0.25) is 0 Å². The quantitative estimate of drug-likeness (QED) is 0.810. The van der Waals surface area contributed by atoms with Crippen molar-refractivity contribution in [3.63, 3.8) is 0 Å². The normalized spacial score (nSPS) is 11.9. The molecule has 1 atom stereocenters. The molecule has 0 bridgehead atoms. The number of halogens is 2. The highest BCUT2D eigenvalue weighted by Gasteiger charge is 2.28. The maximum absolute atomic E-state index is 13.8. The van der Waals surface area contributed by atoms with Crippen molar-refractivity contribution >= 4 is 28.7 Å². The fourth-order valence-electron chi connectivity index (χ4n) is 1.66. The predicted octanol–water partition coefficient (Wildman–Crippen LogP) is 3.73. The summed E-state index contributed by atoms with van der Waals surface area (Å²) in [7, 11) is 0. The van der Waals surface area contributed by atoms with Crippen LogP contribution in [0, 0.1) is 24.1 Å². The van der Waals surface area contributed by atoms with E-state index in [0.717, 1.165) is 0 Å². The maximum Gasteiger partial charge on any atom is 0.196 e. The number of aryl methyl sites for hydroxylation is 1. The number of hydrogen-bond donors (Lipinski definition) is 0. The smallest absolute Gasteiger partial charge is 0.196 e. The zero-order valence-electron chi connectivity index (χ0n) is 9.85. The molecule has 0 aliphatic carbocycles. The van der Waals surface area contributed by atoms with E-state index in [2.05, 4.69) is 4.98 Å². The molecule has 2 aromatic rings. The van der Waals surface area contributed by atoms with Crippen LogP contribution in [0.5, 0.6) is 0 Å². The first kappa shape index (κ1) is 13.7. The Labute approximate surface area is 118 Å². The Morgan fingerprint density at radius 3 is 2.84 bits per heavy atom. The molecule has 0 N–H and O–H groups in total. The van der Waals surface area contributed by atoms with Crippen LogP contribution < -0.4 is 0 Å². The van der Waals surface area contributed by atoms with E-state index >= 15 is 0 Å². The summed E-state index contributed by atoms with van der Waals surface area (Å²) >= 11 is 7.05. The molecule has 0 radical (unpaired) electrons. The van der Waals surface area contributed by atoms with Gasteiger partial charge in [0.25, 0.3) is 0 Å². The maximum atomic E-state index is 13.8. The lowest BCUT2D eigenvalue weighted by atomic mass is 9.95. The highest BCUT2D eigenvalue weighted by Crippen LogP contribution is 2.30. The first-order valence-electron chi connectivity index (χ1n) is 5.34. The molecule has 1 heterocycles. The Morgan fingerprint density at radius 2 is 2.32 bits per heavy atom. The van der Waals surface area contributed by atoms with Crippen molar-refractivity contribution in [1.29, 1.82) is 5.26 Å². The molecule has 96 valence electrons. The summed E-state index contributed by atoms with van der Waals surface area (Å²) in [6.07, 6.45) is 1.39. The van der Waals surface area contributed by atoms with Gasteiger partial charge in [0.1, 0.15) is 11.7 Å². The van der Waals surface area contributed by atoms with Gasteiger partial charge < -0.3 is 0 Å². The van der Waals surface area contributed by atoms with Gasteiger partial charge in [-0.3, -0.25) is 4.79 Å². The van der Waals surface area contributed by atoms with Crippen molar-refractivity contribution in [3.8, 4) is 6.07 Å². The molecule has 0 spiro atoms. The molecule has 0 saturated carbocycles.